The third-order valence-corrected chi connectivity index (χ3v) is 2.93. The minimum Gasteiger partial charge on any atom is -0.482 e. The number of carbonyl (C=O) groups excluding carboxylic acids is 1. The fraction of sp³-hybridized carbons (Fsp3) is 0.143. The lowest BCUT2D eigenvalue weighted by atomic mass is 10.0. The average molecular weight is 243 g/mol. The molecule has 1 aliphatic rings. The van der Waals surface area contributed by atoms with Crippen LogP contribution < -0.4 is 4.74 Å². The Morgan fingerprint density at radius 1 is 1.33 bits per heavy atom. The number of nitrogens with zero attached hydrogens (tertiary/aromatic N) is 1. The summed E-state index contributed by atoms with van der Waals surface area (Å²) in [5.74, 6) is -0.0326. The number of para-hydroxylation sites is 1. The van der Waals surface area contributed by atoms with Crippen molar-refractivity contribution in [2.75, 3.05) is 0 Å². The van der Waals surface area contributed by atoms with Crippen molar-refractivity contribution in [2.45, 2.75) is 12.5 Å². The highest BCUT2D eigenvalue weighted by atomic mass is 19.1. The first-order valence-corrected chi connectivity index (χ1v) is 5.63. The molecule has 0 saturated carbocycles. The summed E-state index contributed by atoms with van der Waals surface area (Å²) in [6, 6.07) is 8.69. The molecule has 4 heteroatoms. The second kappa shape index (κ2) is 4.22. The second-order valence-corrected chi connectivity index (χ2v) is 4.17. The quantitative estimate of drug-likeness (QED) is 0.760. The summed E-state index contributed by atoms with van der Waals surface area (Å²) in [6.45, 7) is 0. The number of pyridine rings is 1. The van der Waals surface area contributed by atoms with Crippen LogP contribution in [0.1, 0.15) is 15.9 Å². The van der Waals surface area contributed by atoms with Gasteiger partial charge in [0.2, 0.25) is 5.78 Å². The van der Waals surface area contributed by atoms with Gasteiger partial charge in [0, 0.05) is 18.2 Å². The highest BCUT2D eigenvalue weighted by molar-refractivity contribution is 6.00. The number of hydrogen-bond donors (Lipinski definition) is 0. The van der Waals surface area contributed by atoms with Gasteiger partial charge in [0.15, 0.2) is 6.10 Å². The molecule has 18 heavy (non-hydrogen) atoms. The Labute approximate surface area is 103 Å². The summed E-state index contributed by atoms with van der Waals surface area (Å²) in [4.78, 5) is 15.8. The second-order valence-electron chi connectivity index (χ2n) is 4.17. The van der Waals surface area contributed by atoms with Crippen LogP contribution >= 0.6 is 0 Å². The molecule has 1 aromatic carbocycles. The smallest absolute Gasteiger partial charge is 0.205 e. The fourth-order valence-corrected chi connectivity index (χ4v) is 2.06. The van der Waals surface area contributed by atoms with E-state index < -0.39 is 11.9 Å². The molecule has 2 heterocycles. The molecule has 1 atom stereocenters. The lowest BCUT2D eigenvalue weighted by Crippen LogP contribution is -2.25. The van der Waals surface area contributed by atoms with Crippen molar-refractivity contribution in [1.29, 1.82) is 0 Å². The Hall–Kier alpha value is -2.23. The zero-order valence-corrected chi connectivity index (χ0v) is 9.47. The number of carbonyl (C=O) groups is 1. The van der Waals surface area contributed by atoms with Crippen molar-refractivity contribution in [3.63, 3.8) is 0 Å². The molecule has 0 radical (unpaired) electrons. The first-order chi connectivity index (χ1) is 8.74. The zero-order chi connectivity index (χ0) is 12.5. The van der Waals surface area contributed by atoms with E-state index in [9.17, 15) is 9.18 Å². The standard InChI is InChI=1S/C14H10FNO2/c15-11-5-10(7-16-8-11)14(17)13-6-9-3-1-2-4-12(9)18-13/h1-5,7-8,13H,6H2. The number of Topliss-reactive ketones (excluding diaryl/α,β-unsaturated/α-hetero) is 1. The summed E-state index contributed by atoms with van der Waals surface area (Å²) in [5, 5.41) is 0. The number of ketones is 1. The average Bonchev–Trinajstić information content (AvgIpc) is 2.81. The normalized spacial score (nSPS) is 17.1. The van der Waals surface area contributed by atoms with Crippen LogP contribution in [0.2, 0.25) is 0 Å². The third-order valence-electron chi connectivity index (χ3n) is 2.93. The molecule has 0 amide bonds. The van der Waals surface area contributed by atoms with Crippen molar-refractivity contribution >= 4 is 5.78 Å². The minimum absolute atomic E-state index is 0.238. The van der Waals surface area contributed by atoms with Crippen LogP contribution in [-0.2, 0) is 6.42 Å². The lowest BCUT2D eigenvalue weighted by Gasteiger charge is -2.09. The van der Waals surface area contributed by atoms with Crippen LogP contribution in [0.15, 0.2) is 42.7 Å². The molecule has 1 unspecified atom stereocenters. The Bertz CT molecular complexity index is 587. The van der Waals surface area contributed by atoms with Crippen molar-refractivity contribution in [2.24, 2.45) is 0 Å². The third kappa shape index (κ3) is 1.86. The summed E-state index contributed by atoms with van der Waals surface area (Å²) >= 11 is 0. The van der Waals surface area contributed by atoms with Gasteiger partial charge in [0.1, 0.15) is 11.6 Å². The number of benzene rings is 1. The first-order valence-electron chi connectivity index (χ1n) is 5.63. The van der Waals surface area contributed by atoms with E-state index in [4.69, 9.17) is 4.74 Å². The SMILES string of the molecule is O=C(c1cncc(F)c1)C1Cc2ccccc2O1. The Morgan fingerprint density at radius 2 is 2.17 bits per heavy atom. The maximum Gasteiger partial charge on any atom is 0.205 e. The van der Waals surface area contributed by atoms with E-state index in [0.717, 1.165) is 17.5 Å². The maximum atomic E-state index is 13.0. The molecule has 0 fully saturated rings. The van der Waals surface area contributed by atoms with Crippen molar-refractivity contribution in [1.82, 2.24) is 4.98 Å². The van der Waals surface area contributed by atoms with Gasteiger partial charge >= 0.3 is 0 Å². The largest absolute Gasteiger partial charge is 0.482 e. The number of ether oxygens (including phenoxy) is 1. The van der Waals surface area contributed by atoms with Gasteiger partial charge in [-0.15, -0.1) is 0 Å². The lowest BCUT2D eigenvalue weighted by molar-refractivity contribution is 0.0824. The van der Waals surface area contributed by atoms with Gasteiger partial charge in [0.25, 0.3) is 0 Å². The molecule has 3 rings (SSSR count). The van der Waals surface area contributed by atoms with Crippen LogP contribution in [0.5, 0.6) is 5.75 Å². The highest BCUT2D eigenvalue weighted by Gasteiger charge is 2.29. The predicted molar refractivity (Wildman–Crippen MR) is 63.1 cm³/mol. The van der Waals surface area contributed by atoms with Gasteiger partial charge in [-0.2, -0.15) is 0 Å². The van der Waals surface area contributed by atoms with Crippen LogP contribution in [0.25, 0.3) is 0 Å². The Morgan fingerprint density at radius 3 is 2.94 bits per heavy atom. The van der Waals surface area contributed by atoms with Crippen LogP contribution in [0, 0.1) is 5.82 Å². The summed E-state index contributed by atoms with van der Waals surface area (Å²) in [5.41, 5.74) is 1.24. The van der Waals surface area contributed by atoms with Gasteiger partial charge in [-0.25, -0.2) is 4.39 Å². The number of fused-ring (bicyclic) bond motifs is 1. The molecule has 1 aromatic heterocycles. The van der Waals surface area contributed by atoms with Gasteiger partial charge in [0.05, 0.1) is 6.20 Å². The monoisotopic (exact) mass is 243 g/mol. The molecule has 0 spiro atoms. The fourth-order valence-electron chi connectivity index (χ4n) is 2.06. The molecule has 90 valence electrons. The van der Waals surface area contributed by atoms with E-state index in [0.29, 0.717) is 6.42 Å². The van der Waals surface area contributed by atoms with Crippen molar-refractivity contribution < 1.29 is 13.9 Å². The molecule has 3 nitrogen and oxygen atoms in total. The topological polar surface area (TPSA) is 39.2 Å². The molecule has 0 bridgehead atoms. The molecular weight excluding hydrogens is 233 g/mol. The van der Waals surface area contributed by atoms with E-state index >= 15 is 0 Å². The zero-order valence-electron chi connectivity index (χ0n) is 9.47. The van der Waals surface area contributed by atoms with E-state index in [1.165, 1.54) is 12.3 Å². The Kier molecular flexibility index (Phi) is 2.55. The van der Waals surface area contributed by atoms with Gasteiger partial charge in [-0.05, 0) is 17.7 Å². The molecule has 0 saturated heterocycles. The van der Waals surface area contributed by atoms with Gasteiger partial charge < -0.3 is 4.74 Å². The van der Waals surface area contributed by atoms with Crippen LogP contribution in [0.3, 0.4) is 0 Å². The molecule has 0 N–H and O–H groups in total. The number of aromatic nitrogens is 1. The summed E-state index contributed by atoms with van der Waals surface area (Å²) < 4.78 is 18.6. The van der Waals surface area contributed by atoms with Crippen LogP contribution in [-0.4, -0.2) is 16.9 Å². The first kappa shape index (κ1) is 10.9. The summed E-state index contributed by atoms with van der Waals surface area (Å²) in [6.07, 6.45) is 2.37. The van der Waals surface area contributed by atoms with E-state index in [-0.39, 0.29) is 11.3 Å². The van der Waals surface area contributed by atoms with E-state index in [1.807, 2.05) is 24.3 Å². The predicted octanol–water partition coefficient (Wildman–Crippen LogP) is 2.41. The maximum absolute atomic E-state index is 13.0. The molecule has 0 aliphatic carbocycles. The van der Waals surface area contributed by atoms with Crippen LogP contribution in [0.4, 0.5) is 4.39 Å². The molecule has 2 aromatic rings. The number of halogens is 1. The van der Waals surface area contributed by atoms with Crippen molar-refractivity contribution in [3.8, 4) is 5.75 Å². The van der Waals surface area contributed by atoms with Gasteiger partial charge in [-0.1, -0.05) is 18.2 Å². The summed E-state index contributed by atoms with van der Waals surface area (Å²) in [7, 11) is 0. The minimum atomic E-state index is -0.578. The molecule has 1 aliphatic heterocycles. The Balaban J connectivity index is 1.84. The van der Waals surface area contributed by atoms with Gasteiger partial charge in [-0.3, -0.25) is 9.78 Å². The molecular formula is C14H10FNO2. The highest BCUT2D eigenvalue weighted by Crippen LogP contribution is 2.29. The van der Waals surface area contributed by atoms with Crippen molar-refractivity contribution in [3.05, 3.63) is 59.7 Å². The van der Waals surface area contributed by atoms with E-state index in [1.54, 1.807) is 0 Å². The number of hydrogen-bond acceptors (Lipinski definition) is 3. The number of rotatable bonds is 2. The van der Waals surface area contributed by atoms with E-state index in [2.05, 4.69) is 4.98 Å².